The Bertz CT molecular complexity index is 931. The van der Waals surface area contributed by atoms with Crippen LogP contribution in [0.1, 0.15) is 11.6 Å². The third-order valence-corrected chi connectivity index (χ3v) is 5.36. The van der Waals surface area contributed by atoms with E-state index in [1.807, 2.05) is 60.7 Å². The molecule has 0 heterocycles. The molecule has 0 aliphatic carbocycles. The summed E-state index contributed by atoms with van der Waals surface area (Å²) < 4.78 is 40.6. The predicted molar refractivity (Wildman–Crippen MR) is 101 cm³/mol. The number of para-hydroxylation sites is 1. The maximum atomic E-state index is 13.0. The van der Waals surface area contributed by atoms with E-state index in [1.54, 1.807) is 0 Å². The molecule has 0 spiro atoms. The number of halogens is 1. The van der Waals surface area contributed by atoms with Crippen molar-refractivity contribution in [3.05, 3.63) is 96.3 Å². The Balaban J connectivity index is 1.78. The second-order valence-corrected chi connectivity index (χ2v) is 7.55. The smallest absolute Gasteiger partial charge is 0.240 e. The first-order chi connectivity index (χ1) is 12.5. The molecular weight excluding hydrogens is 351 g/mol. The van der Waals surface area contributed by atoms with Crippen molar-refractivity contribution in [2.24, 2.45) is 0 Å². The molecule has 3 aromatic carbocycles. The molecule has 6 heteroatoms. The molecule has 0 saturated carbocycles. The number of sulfonamides is 1. The second-order valence-electron chi connectivity index (χ2n) is 5.78. The highest BCUT2D eigenvalue weighted by Crippen LogP contribution is 2.20. The van der Waals surface area contributed by atoms with Crippen molar-refractivity contribution in [1.82, 2.24) is 4.72 Å². The molecule has 0 bridgehead atoms. The van der Waals surface area contributed by atoms with E-state index < -0.39 is 15.8 Å². The summed E-state index contributed by atoms with van der Waals surface area (Å²) in [5.74, 6) is -0.475. The maximum absolute atomic E-state index is 13.0. The van der Waals surface area contributed by atoms with E-state index in [9.17, 15) is 12.8 Å². The predicted octanol–water partition coefficient (Wildman–Crippen LogP) is 3.96. The lowest BCUT2D eigenvalue weighted by Crippen LogP contribution is -2.31. The highest BCUT2D eigenvalue weighted by atomic mass is 32.2. The molecule has 2 N–H and O–H groups in total. The van der Waals surface area contributed by atoms with E-state index in [0.29, 0.717) is 0 Å². The first-order valence-corrected chi connectivity index (χ1v) is 9.65. The van der Waals surface area contributed by atoms with Crippen LogP contribution in [0.3, 0.4) is 0 Å². The van der Waals surface area contributed by atoms with Gasteiger partial charge in [-0.05, 0) is 42.0 Å². The van der Waals surface area contributed by atoms with Gasteiger partial charge in [0.25, 0.3) is 0 Å². The Morgan fingerprint density at radius 3 is 2.00 bits per heavy atom. The molecule has 3 aromatic rings. The van der Waals surface area contributed by atoms with Gasteiger partial charge in [0.15, 0.2) is 0 Å². The molecule has 0 aliphatic heterocycles. The molecule has 4 nitrogen and oxygen atoms in total. The van der Waals surface area contributed by atoms with Crippen LogP contribution >= 0.6 is 0 Å². The lowest BCUT2D eigenvalue weighted by molar-refractivity contribution is 0.575. The van der Waals surface area contributed by atoms with Crippen LogP contribution in [0.5, 0.6) is 0 Å². The fourth-order valence-electron chi connectivity index (χ4n) is 2.56. The van der Waals surface area contributed by atoms with E-state index in [-0.39, 0.29) is 17.5 Å². The van der Waals surface area contributed by atoms with E-state index in [1.165, 1.54) is 12.1 Å². The van der Waals surface area contributed by atoms with Gasteiger partial charge in [-0.1, -0.05) is 48.5 Å². The summed E-state index contributed by atoms with van der Waals surface area (Å²) in [4.78, 5) is 0.0328. The van der Waals surface area contributed by atoms with Crippen LogP contribution in [-0.2, 0) is 10.0 Å². The van der Waals surface area contributed by atoms with Crippen molar-refractivity contribution in [1.29, 1.82) is 0 Å². The zero-order valence-electron chi connectivity index (χ0n) is 14.0. The quantitative estimate of drug-likeness (QED) is 0.662. The molecule has 0 amide bonds. The first kappa shape index (κ1) is 18.1. The lowest BCUT2D eigenvalue weighted by atomic mass is 10.1. The third-order valence-electron chi connectivity index (χ3n) is 3.92. The zero-order valence-corrected chi connectivity index (χ0v) is 14.8. The number of nitrogens with one attached hydrogen (secondary N) is 2. The van der Waals surface area contributed by atoms with Crippen molar-refractivity contribution in [3.8, 4) is 0 Å². The monoisotopic (exact) mass is 370 g/mol. The van der Waals surface area contributed by atoms with Gasteiger partial charge in [-0.25, -0.2) is 17.5 Å². The molecule has 1 atom stereocenters. The SMILES string of the molecule is O=S(=O)(NCC(Nc1ccccc1)c1ccccc1)c1ccc(F)cc1. The van der Waals surface area contributed by atoms with Gasteiger partial charge in [0.2, 0.25) is 10.0 Å². The average Bonchev–Trinajstić information content (AvgIpc) is 2.67. The Kier molecular flexibility index (Phi) is 5.65. The standard InChI is InChI=1S/C20H19FN2O2S/c21-17-11-13-19(14-12-17)26(24,25)22-15-20(16-7-3-1-4-8-16)23-18-9-5-2-6-10-18/h1-14,20,22-23H,15H2. The van der Waals surface area contributed by atoms with Crippen molar-refractivity contribution in [3.63, 3.8) is 0 Å². The topological polar surface area (TPSA) is 58.2 Å². The fourth-order valence-corrected chi connectivity index (χ4v) is 3.61. The summed E-state index contributed by atoms with van der Waals surface area (Å²) in [7, 11) is -3.73. The van der Waals surface area contributed by atoms with Crippen LogP contribution < -0.4 is 10.0 Å². The second kappa shape index (κ2) is 8.12. The largest absolute Gasteiger partial charge is 0.377 e. The zero-order chi connectivity index (χ0) is 18.4. The normalized spacial score (nSPS) is 12.5. The minimum Gasteiger partial charge on any atom is -0.377 e. The summed E-state index contributed by atoms with van der Waals surface area (Å²) in [6.07, 6.45) is 0. The molecule has 26 heavy (non-hydrogen) atoms. The summed E-state index contributed by atoms with van der Waals surface area (Å²) in [5, 5.41) is 3.34. The number of hydrogen-bond donors (Lipinski definition) is 2. The summed E-state index contributed by atoms with van der Waals surface area (Å²) in [6, 6.07) is 23.7. The molecular formula is C20H19FN2O2S. The van der Waals surface area contributed by atoms with Gasteiger partial charge in [-0.3, -0.25) is 0 Å². The third kappa shape index (κ3) is 4.68. The Labute approximate surface area is 152 Å². The van der Waals surface area contributed by atoms with E-state index >= 15 is 0 Å². The van der Waals surface area contributed by atoms with Gasteiger partial charge >= 0.3 is 0 Å². The van der Waals surface area contributed by atoms with Gasteiger partial charge < -0.3 is 5.32 Å². The van der Waals surface area contributed by atoms with Crippen LogP contribution in [0.4, 0.5) is 10.1 Å². The fraction of sp³-hybridized carbons (Fsp3) is 0.100. The van der Waals surface area contributed by atoms with Gasteiger partial charge in [-0.15, -0.1) is 0 Å². The van der Waals surface area contributed by atoms with Gasteiger partial charge in [-0.2, -0.15) is 0 Å². The molecule has 0 aromatic heterocycles. The van der Waals surface area contributed by atoms with E-state index in [4.69, 9.17) is 0 Å². The van der Waals surface area contributed by atoms with Crippen molar-refractivity contribution >= 4 is 15.7 Å². The number of rotatable bonds is 7. The number of hydrogen-bond acceptors (Lipinski definition) is 3. The van der Waals surface area contributed by atoms with Gasteiger partial charge in [0.1, 0.15) is 5.82 Å². The number of benzene rings is 3. The summed E-state index contributed by atoms with van der Waals surface area (Å²) in [5.41, 5.74) is 1.85. The van der Waals surface area contributed by atoms with Crippen molar-refractivity contribution < 1.29 is 12.8 Å². The molecule has 0 radical (unpaired) electrons. The molecule has 3 rings (SSSR count). The lowest BCUT2D eigenvalue weighted by Gasteiger charge is -2.21. The molecule has 134 valence electrons. The Hall–Kier alpha value is -2.70. The van der Waals surface area contributed by atoms with Crippen LogP contribution in [0.15, 0.2) is 89.8 Å². The molecule has 0 saturated heterocycles. The average molecular weight is 370 g/mol. The first-order valence-electron chi connectivity index (χ1n) is 8.16. The molecule has 0 aliphatic rings. The summed E-state index contributed by atoms with van der Waals surface area (Å²) >= 11 is 0. The summed E-state index contributed by atoms with van der Waals surface area (Å²) in [6.45, 7) is 0.151. The van der Waals surface area contributed by atoms with Crippen molar-refractivity contribution in [2.75, 3.05) is 11.9 Å². The van der Waals surface area contributed by atoms with E-state index in [2.05, 4.69) is 10.0 Å². The minimum absolute atomic E-state index is 0.0328. The van der Waals surface area contributed by atoms with Crippen LogP contribution in [0.25, 0.3) is 0 Å². The van der Waals surface area contributed by atoms with Gasteiger partial charge in [0, 0.05) is 12.2 Å². The van der Waals surface area contributed by atoms with Gasteiger partial charge in [0.05, 0.1) is 10.9 Å². The Morgan fingerprint density at radius 1 is 0.808 bits per heavy atom. The minimum atomic E-state index is -3.73. The maximum Gasteiger partial charge on any atom is 0.240 e. The molecule has 1 unspecified atom stereocenters. The Morgan fingerprint density at radius 2 is 1.38 bits per heavy atom. The highest BCUT2D eigenvalue weighted by Gasteiger charge is 2.18. The van der Waals surface area contributed by atoms with Crippen LogP contribution in [0, 0.1) is 5.82 Å². The number of anilines is 1. The van der Waals surface area contributed by atoms with Crippen molar-refractivity contribution in [2.45, 2.75) is 10.9 Å². The van der Waals surface area contributed by atoms with E-state index in [0.717, 1.165) is 23.4 Å². The van der Waals surface area contributed by atoms with Crippen LogP contribution in [0.2, 0.25) is 0 Å². The van der Waals surface area contributed by atoms with Crippen LogP contribution in [-0.4, -0.2) is 15.0 Å². The highest BCUT2D eigenvalue weighted by molar-refractivity contribution is 7.89. The molecule has 0 fully saturated rings.